The topological polar surface area (TPSA) is 167 Å². The third kappa shape index (κ3) is 8.27. The largest absolute Gasteiger partial charge is 0.455 e. The smallest absolute Gasteiger partial charge is 0.410 e. The lowest BCUT2D eigenvalue weighted by Crippen LogP contribution is -2.38. The Morgan fingerprint density at radius 3 is 2.30 bits per heavy atom. The molecular formula is C24H31FN4O8. The van der Waals surface area contributed by atoms with E-state index in [1.54, 1.807) is 41.5 Å². The maximum Gasteiger partial charge on any atom is 0.410 e. The number of nitrogens with zero attached hydrogens (tertiary/aromatic N) is 3. The zero-order valence-electron chi connectivity index (χ0n) is 21.5. The van der Waals surface area contributed by atoms with E-state index in [9.17, 15) is 29.2 Å². The van der Waals surface area contributed by atoms with Crippen molar-refractivity contribution in [1.29, 1.82) is 0 Å². The quantitative estimate of drug-likeness (QED) is 0.291. The van der Waals surface area contributed by atoms with Crippen LogP contribution in [0.4, 0.5) is 20.6 Å². The molecule has 1 heterocycles. The van der Waals surface area contributed by atoms with Crippen LogP contribution in [-0.2, 0) is 16.0 Å². The summed E-state index contributed by atoms with van der Waals surface area (Å²) >= 11 is 0. The van der Waals surface area contributed by atoms with Crippen LogP contribution in [0.15, 0.2) is 24.4 Å². The van der Waals surface area contributed by atoms with E-state index in [0.29, 0.717) is 6.07 Å². The molecular weight excluding hydrogens is 491 g/mol. The van der Waals surface area contributed by atoms with Crippen LogP contribution in [-0.4, -0.2) is 56.3 Å². The van der Waals surface area contributed by atoms with E-state index in [1.807, 2.05) is 0 Å². The summed E-state index contributed by atoms with van der Waals surface area (Å²) < 4.78 is 31.1. The fraction of sp³-hybridized carbons (Fsp3) is 0.458. The number of esters is 1. The molecule has 0 atom stereocenters. The highest BCUT2D eigenvalue weighted by Gasteiger charge is 2.30. The maximum atomic E-state index is 14.6. The number of aromatic nitrogens is 1. The zero-order chi connectivity index (χ0) is 28.1. The van der Waals surface area contributed by atoms with Gasteiger partial charge < -0.3 is 30.0 Å². The third-order valence-electron chi connectivity index (χ3n) is 4.46. The van der Waals surface area contributed by atoms with Crippen LogP contribution in [0.3, 0.4) is 0 Å². The zero-order valence-corrected chi connectivity index (χ0v) is 21.5. The van der Waals surface area contributed by atoms with Crippen molar-refractivity contribution in [3.63, 3.8) is 0 Å². The molecule has 0 radical (unpaired) electrons. The number of nitrogen functional groups attached to an aromatic ring is 1. The highest BCUT2D eigenvalue weighted by Crippen LogP contribution is 2.36. The van der Waals surface area contributed by atoms with Gasteiger partial charge in [0.25, 0.3) is 5.69 Å². The summed E-state index contributed by atoms with van der Waals surface area (Å²) in [5, 5.41) is 20.5. The lowest BCUT2D eigenvalue weighted by Gasteiger charge is -2.28. The summed E-state index contributed by atoms with van der Waals surface area (Å²) in [5.74, 6) is -2.58. The van der Waals surface area contributed by atoms with E-state index in [1.165, 1.54) is 0 Å². The molecule has 37 heavy (non-hydrogen) atoms. The average Bonchev–Trinajstić information content (AvgIpc) is 2.74. The molecule has 13 heteroatoms. The molecule has 1 amide bonds. The molecule has 202 valence electrons. The van der Waals surface area contributed by atoms with Crippen molar-refractivity contribution in [2.24, 2.45) is 0 Å². The van der Waals surface area contributed by atoms with Gasteiger partial charge in [-0.3, -0.25) is 10.1 Å². The summed E-state index contributed by atoms with van der Waals surface area (Å²) in [7, 11) is 0. The molecule has 0 aliphatic rings. The Kier molecular flexibility index (Phi) is 8.99. The Hall–Kier alpha value is -4.00. The van der Waals surface area contributed by atoms with Crippen molar-refractivity contribution >= 4 is 23.4 Å². The number of hydrogen-bond donors (Lipinski definition) is 2. The number of aliphatic hydroxyl groups excluding tert-OH is 1. The number of rotatable bonds is 8. The van der Waals surface area contributed by atoms with Gasteiger partial charge in [0, 0.05) is 18.2 Å². The first-order valence-electron chi connectivity index (χ1n) is 11.2. The van der Waals surface area contributed by atoms with Crippen LogP contribution in [0.2, 0.25) is 0 Å². The standard InChI is InChI=1S/C24H31FN4O8/c1-23(2,3)36-21(31)19-15(13-28(9-10-30)22(32)37-24(4,5)6)20(17(26)12-27-19)35-18-8-7-14(29(33)34)11-16(18)25/h7-8,11-12,30H,9-10,13,26H2,1-6H3. The second kappa shape index (κ2) is 11.4. The normalized spacial score (nSPS) is 11.6. The molecule has 0 aliphatic carbocycles. The predicted octanol–water partition coefficient (Wildman–Crippen LogP) is 4.19. The molecule has 2 rings (SSSR count). The second-order valence-electron chi connectivity index (χ2n) is 9.97. The predicted molar refractivity (Wildman–Crippen MR) is 131 cm³/mol. The lowest BCUT2D eigenvalue weighted by atomic mass is 10.1. The number of carbonyl (C=O) groups is 2. The van der Waals surface area contributed by atoms with Gasteiger partial charge in [0.15, 0.2) is 23.0 Å². The van der Waals surface area contributed by atoms with Gasteiger partial charge in [0.05, 0.1) is 36.0 Å². The van der Waals surface area contributed by atoms with Crippen molar-refractivity contribution < 1.29 is 38.2 Å². The number of pyridine rings is 1. The van der Waals surface area contributed by atoms with Crippen molar-refractivity contribution in [2.45, 2.75) is 59.3 Å². The van der Waals surface area contributed by atoms with Gasteiger partial charge in [-0.05, 0) is 47.6 Å². The first-order chi connectivity index (χ1) is 17.0. The van der Waals surface area contributed by atoms with Crippen molar-refractivity contribution in [3.8, 4) is 11.5 Å². The minimum absolute atomic E-state index is 0.0497. The van der Waals surface area contributed by atoms with Gasteiger partial charge >= 0.3 is 12.1 Å². The number of nitro groups is 1. The van der Waals surface area contributed by atoms with Gasteiger partial charge in [-0.1, -0.05) is 0 Å². The van der Waals surface area contributed by atoms with Crippen LogP contribution in [0.5, 0.6) is 11.5 Å². The molecule has 0 fully saturated rings. The molecule has 1 aromatic carbocycles. The van der Waals surface area contributed by atoms with Gasteiger partial charge in [-0.25, -0.2) is 19.0 Å². The number of anilines is 1. The number of ether oxygens (including phenoxy) is 3. The third-order valence-corrected chi connectivity index (χ3v) is 4.46. The number of aliphatic hydroxyl groups is 1. The first-order valence-corrected chi connectivity index (χ1v) is 11.2. The number of benzene rings is 1. The van der Waals surface area contributed by atoms with Gasteiger partial charge in [0.1, 0.15) is 11.2 Å². The summed E-state index contributed by atoms with van der Waals surface area (Å²) in [5.41, 5.74) is 3.36. The molecule has 3 N–H and O–H groups in total. The second-order valence-corrected chi connectivity index (χ2v) is 9.97. The minimum atomic E-state index is -1.06. The minimum Gasteiger partial charge on any atom is -0.455 e. The number of hydrogen-bond acceptors (Lipinski definition) is 10. The van der Waals surface area contributed by atoms with E-state index in [-0.39, 0.29) is 35.8 Å². The highest BCUT2D eigenvalue weighted by molar-refractivity contribution is 5.91. The van der Waals surface area contributed by atoms with E-state index in [0.717, 1.165) is 23.2 Å². The lowest BCUT2D eigenvalue weighted by molar-refractivity contribution is -0.385. The fourth-order valence-corrected chi connectivity index (χ4v) is 2.99. The Morgan fingerprint density at radius 1 is 1.16 bits per heavy atom. The Bertz CT molecular complexity index is 1170. The summed E-state index contributed by atoms with van der Waals surface area (Å²) in [4.78, 5) is 41.2. The number of nitrogens with two attached hydrogens (primary N) is 1. The molecule has 1 aromatic heterocycles. The molecule has 0 unspecified atom stereocenters. The molecule has 2 aromatic rings. The van der Waals surface area contributed by atoms with Crippen LogP contribution in [0, 0.1) is 15.9 Å². The van der Waals surface area contributed by atoms with Crippen LogP contribution in [0.1, 0.15) is 57.6 Å². The van der Waals surface area contributed by atoms with Crippen LogP contribution in [0.25, 0.3) is 0 Å². The summed E-state index contributed by atoms with van der Waals surface area (Å²) in [6.07, 6.45) is 0.289. The maximum absolute atomic E-state index is 14.6. The average molecular weight is 523 g/mol. The van der Waals surface area contributed by atoms with Crippen LogP contribution < -0.4 is 10.5 Å². The van der Waals surface area contributed by atoms with Gasteiger partial charge in [-0.2, -0.15) is 0 Å². The van der Waals surface area contributed by atoms with Crippen molar-refractivity contribution in [3.05, 3.63) is 51.6 Å². The molecule has 0 saturated heterocycles. The monoisotopic (exact) mass is 522 g/mol. The van der Waals surface area contributed by atoms with Crippen molar-refractivity contribution in [1.82, 2.24) is 9.88 Å². The number of carbonyl (C=O) groups excluding carboxylic acids is 2. The van der Waals surface area contributed by atoms with E-state index in [2.05, 4.69) is 4.98 Å². The van der Waals surface area contributed by atoms with Crippen molar-refractivity contribution in [2.75, 3.05) is 18.9 Å². The van der Waals surface area contributed by atoms with Crippen LogP contribution >= 0.6 is 0 Å². The Balaban J connectivity index is 2.64. The fourth-order valence-electron chi connectivity index (χ4n) is 2.99. The first kappa shape index (κ1) is 29.2. The molecule has 12 nitrogen and oxygen atoms in total. The Labute approximate surface area is 213 Å². The number of non-ortho nitro benzene ring substituents is 1. The number of nitro benzene ring substituents is 1. The molecule has 0 aliphatic heterocycles. The van der Waals surface area contributed by atoms with Gasteiger partial charge in [0.2, 0.25) is 0 Å². The number of amides is 1. The molecule has 0 saturated carbocycles. The van der Waals surface area contributed by atoms with E-state index >= 15 is 0 Å². The summed E-state index contributed by atoms with van der Waals surface area (Å²) in [6, 6.07) is 2.73. The molecule has 0 spiro atoms. The van der Waals surface area contributed by atoms with E-state index < -0.39 is 52.0 Å². The SMILES string of the molecule is CC(C)(C)OC(=O)c1ncc(N)c(Oc2ccc([N+](=O)[O-])cc2F)c1CN(CCO)C(=O)OC(C)(C)C. The Morgan fingerprint density at radius 2 is 1.78 bits per heavy atom. The number of halogens is 1. The van der Waals surface area contributed by atoms with Gasteiger partial charge in [-0.15, -0.1) is 0 Å². The summed E-state index contributed by atoms with van der Waals surface area (Å²) in [6.45, 7) is 8.88. The highest BCUT2D eigenvalue weighted by atomic mass is 19.1. The van der Waals surface area contributed by atoms with E-state index in [4.69, 9.17) is 19.9 Å². The molecule has 0 bridgehead atoms.